The molecule has 1 aromatic carbocycles. The lowest BCUT2D eigenvalue weighted by molar-refractivity contribution is -0.121. The molecule has 2 N–H and O–H groups in total. The molecule has 0 spiro atoms. The van der Waals surface area contributed by atoms with E-state index in [4.69, 9.17) is 0 Å². The van der Waals surface area contributed by atoms with Crippen molar-refractivity contribution < 1.29 is 9.90 Å². The Hall–Kier alpha value is -2.73. The molecule has 3 aromatic rings. The van der Waals surface area contributed by atoms with Gasteiger partial charge in [-0.05, 0) is 30.9 Å². The molecule has 1 aliphatic heterocycles. The molecule has 2 unspecified atom stereocenters. The Balaban J connectivity index is 1.68. The highest BCUT2D eigenvalue weighted by Gasteiger charge is 2.20. The SMILES string of the molecule is Cn1ncc2cc3nc(c21)CC(O)CCCC(c1ccccc1)NC(=O)C3. The summed E-state index contributed by atoms with van der Waals surface area (Å²) in [7, 11) is 1.87. The number of rotatable bonds is 1. The van der Waals surface area contributed by atoms with Crippen molar-refractivity contribution in [2.45, 2.75) is 44.2 Å². The molecule has 0 saturated heterocycles. The van der Waals surface area contributed by atoms with Crippen molar-refractivity contribution in [1.29, 1.82) is 0 Å². The normalized spacial score (nSPS) is 21.3. The first-order valence-corrected chi connectivity index (χ1v) is 9.43. The maximum atomic E-state index is 12.7. The van der Waals surface area contributed by atoms with Crippen LogP contribution in [0, 0.1) is 0 Å². The van der Waals surface area contributed by atoms with E-state index in [0.29, 0.717) is 18.5 Å². The second-order valence-corrected chi connectivity index (χ2v) is 7.26. The predicted octanol–water partition coefficient (Wildman–Crippen LogP) is 2.46. The molecule has 0 fully saturated rings. The first-order chi connectivity index (χ1) is 13.1. The van der Waals surface area contributed by atoms with Crippen LogP contribution in [0.3, 0.4) is 0 Å². The first kappa shape index (κ1) is 17.7. The molecule has 1 amide bonds. The Morgan fingerprint density at radius 2 is 2.04 bits per heavy atom. The molecule has 0 saturated carbocycles. The molecule has 2 atom stereocenters. The van der Waals surface area contributed by atoms with E-state index in [9.17, 15) is 9.90 Å². The van der Waals surface area contributed by atoms with E-state index in [1.807, 2.05) is 43.4 Å². The minimum absolute atomic E-state index is 0.0355. The van der Waals surface area contributed by atoms with Gasteiger partial charge in [-0.25, -0.2) is 0 Å². The average Bonchev–Trinajstić information content (AvgIpc) is 3.02. The Labute approximate surface area is 158 Å². The number of pyridine rings is 1. The van der Waals surface area contributed by atoms with E-state index >= 15 is 0 Å². The van der Waals surface area contributed by atoms with Gasteiger partial charge in [0.1, 0.15) is 0 Å². The third kappa shape index (κ3) is 3.85. The standard InChI is InChI=1S/C21H24N4O2/c1-25-21-15(13-22-25)10-16-11-20(27)24-18(14-6-3-2-4-7-14)9-5-8-17(26)12-19(21)23-16/h2-4,6-7,10,13,17-18,26H,5,8-9,11-12H2,1H3,(H,24,27). The number of aliphatic hydroxyl groups excluding tert-OH is 1. The Morgan fingerprint density at radius 1 is 1.22 bits per heavy atom. The number of amides is 1. The van der Waals surface area contributed by atoms with E-state index in [1.165, 1.54) is 0 Å². The van der Waals surface area contributed by atoms with Crippen molar-refractivity contribution in [1.82, 2.24) is 20.1 Å². The van der Waals surface area contributed by atoms with Crippen LogP contribution in [0.25, 0.3) is 10.9 Å². The van der Waals surface area contributed by atoms with Crippen LogP contribution in [-0.2, 0) is 24.7 Å². The number of carbonyl (C=O) groups excluding carboxylic acids is 1. The van der Waals surface area contributed by atoms with Gasteiger partial charge in [0, 0.05) is 18.9 Å². The summed E-state index contributed by atoms with van der Waals surface area (Å²) in [6, 6.07) is 11.9. The maximum absolute atomic E-state index is 12.7. The monoisotopic (exact) mass is 364 g/mol. The second-order valence-electron chi connectivity index (χ2n) is 7.26. The van der Waals surface area contributed by atoms with Crippen LogP contribution in [0.2, 0.25) is 0 Å². The van der Waals surface area contributed by atoms with Gasteiger partial charge in [-0.1, -0.05) is 30.3 Å². The van der Waals surface area contributed by atoms with E-state index in [2.05, 4.69) is 15.4 Å². The van der Waals surface area contributed by atoms with Crippen LogP contribution in [0.5, 0.6) is 0 Å². The zero-order chi connectivity index (χ0) is 18.8. The van der Waals surface area contributed by atoms with Gasteiger partial charge in [-0.3, -0.25) is 14.5 Å². The molecule has 0 radical (unpaired) electrons. The number of aryl methyl sites for hydroxylation is 1. The van der Waals surface area contributed by atoms with Gasteiger partial charge in [-0.15, -0.1) is 0 Å². The molecule has 27 heavy (non-hydrogen) atoms. The van der Waals surface area contributed by atoms with Gasteiger partial charge >= 0.3 is 0 Å². The number of aliphatic hydroxyl groups is 1. The van der Waals surface area contributed by atoms with Crippen molar-refractivity contribution >= 4 is 16.8 Å². The molecule has 2 aromatic heterocycles. The molecule has 140 valence electrons. The van der Waals surface area contributed by atoms with Crippen LogP contribution in [0.4, 0.5) is 0 Å². The summed E-state index contributed by atoms with van der Waals surface area (Å²) >= 11 is 0. The number of nitrogens with one attached hydrogen (secondary N) is 1. The van der Waals surface area contributed by atoms with Gasteiger partial charge in [0.2, 0.25) is 5.91 Å². The van der Waals surface area contributed by atoms with E-state index in [-0.39, 0.29) is 18.4 Å². The quantitative estimate of drug-likeness (QED) is 0.695. The second kappa shape index (κ2) is 7.48. The van der Waals surface area contributed by atoms with Crippen molar-refractivity contribution in [3.63, 3.8) is 0 Å². The van der Waals surface area contributed by atoms with Crippen LogP contribution in [0.1, 0.15) is 42.3 Å². The van der Waals surface area contributed by atoms with Crippen LogP contribution < -0.4 is 5.32 Å². The van der Waals surface area contributed by atoms with Crippen molar-refractivity contribution in [2.75, 3.05) is 0 Å². The number of nitrogens with zero attached hydrogens (tertiary/aromatic N) is 3. The molecular weight excluding hydrogens is 340 g/mol. The van der Waals surface area contributed by atoms with Gasteiger partial charge in [0.15, 0.2) is 0 Å². The largest absolute Gasteiger partial charge is 0.393 e. The average molecular weight is 364 g/mol. The fourth-order valence-corrected chi connectivity index (χ4v) is 3.88. The zero-order valence-electron chi connectivity index (χ0n) is 15.4. The summed E-state index contributed by atoms with van der Waals surface area (Å²) in [6.07, 6.45) is 4.32. The highest BCUT2D eigenvalue weighted by atomic mass is 16.3. The number of hydrogen-bond acceptors (Lipinski definition) is 4. The molecule has 4 rings (SSSR count). The number of fused-ring (bicyclic) bond motifs is 4. The van der Waals surface area contributed by atoms with E-state index in [1.54, 1.807) is 10.9 Å². The summed E-state index contributed by atoms with van der Waals surface area (Å²) in [6.45, 7) is 0. The van der Waals surface area contributed by atoms with Crippen LogP contribution >= 0.6 is 0 Å². The smallest absolute Gasteiger partial charge is 0.226 e. The highest BCUT2D eigenvalue weighted by Crippen LogP contribution is 2.24. The third-order valence-corrected chi connectivity index (χ3v) is 5.18. The minimum atomic E-state index is -0.461. The Morgan fingerprint density at radius 3 is 2.85 bits per heavy atom. The van der Waals surface area contributed by atoms with Crippen molar-refractivity contribution in [3.8, 4) is 0 Å². The van der Waals surface area contributed by atoms with Gasteiger partial charge < -0.3 is 10.4 Å². The summed E-state index contributed by atoms with van der Waals surface area (Å²) in [5, 5.41) is 19.0. The maximum Gasteiger partial charge on any atom is 0.226 e. The van der Waals surface area contributed by atoms with Gasteiger partial charge in [0.05, 0.1) is 41.7 Å². The number of carbonyl (C=O) groups is 1. The summed E-state index contributed by atoms with van der Waals surface area (Å²) in [4.78, 5) is 17.4. The minimum Gasteiger partial charge on any atom is -0.393 e. The fraction of sp³-hybridized carbons (Fsp3) is 0.381. The van der Waals surface area contributed by atoms with Crippen molar-refractivity contribution in [3.05, 3.63) is 59.5 Å². The topological polar surface area (TPSA) is 80.0 Å². The fourth-order valence-electron chi connectivity index (χ4n) is 3.88. The van der Waals surface area contributed by atoms with E-state index in [0.717, 1.165) is 35.0 Å². The summed E-state index contributed by atoms with van der Waals surface area (Å²) in [5.74, 6) is -0.0355. The van der Waals surface area contributed by atoms with Crippen LogP contribution in [-0.4, -0.2) is 31.9 Å². The molecule has 1 aliphatic rings. The Bertz CT molecular complexity index is 951. The molecule has 3 heterocycles. The molecular formula is C21H24N4O2. The number of benzene rings is 1. The van der Waals surface area contributed by atoms with Crippen molar-refractivity contribution in [2.24, 2.45) is 7.05 Å². The molecule has 2 bridgehead atoms. The van der Waals surface area contributed by atoms with Gasteiger partial charge in [0.25, 0.3) is 0 Å². The van der Waals surface area contributed by atoms with Gasteiger partial charge in [-0.2, -0.15) is 5.10 Å². The zero-order valence-corrected chi connectivity index (χ0v) is 15.4. The first-order valence-electron chi connectivity index (χ1n) is 9.43. The lowest BCUT2D eigenvalue weighted by Gasteiger charge is -2.21. The predicted molar refractivity (Wildman–Crippen MR) is 103 cm³/mol. The number of hydrogen-bond donors (Lipinski definition) is 2. The summed E-state index contributed by atoms with van der Waals surface area (Å²) < 4.78 is 1.78. The van der Waals surface area contributed by atoms with E-state index < -0.39 is 6.10 Å². The third-order valence-electron chi connectivity index (χ3n) is 5.18. The summed E-state index contributed by atoms with van der Waals surface area (Å²) in [5.41, 5.74) is 3.54. The Kier molecular flexibility index (Phi) is 4.90. The lowest BCUT2D eigenvalue weighted by Crippen LogP contribution is -2.31. The molecule has 6 heteroatoms. The molecule has 6 nitrogen and oxygen atoms in total. The number of aromatic nitrogens is 3. The highest BCUT2D eigenvalue weighted by molar-refractivity contribution is 5.84. The molecule has 0 aliphatic carbocycles. The lowest BCUT2D eigenvalue weighted by atomic mass is 9.97. The van der Waals surface area contributed by atoms with Crippen LogP contribution in [0.15, 0.2) is 42.6 Å².